The fourth-order valence-corrected chi connectivity index (χ4v) is 12.5. The van der Waals surface area contributed by atoms with Crippen molar-refractivity contribution in [3.63, 3.8) is 0 Å². The van der Waals surface area contributed by atoms with Gasteiger partial charge in [0, 0.05) is 13.2 Å². The highest BCUT2D eigenvalue weighted by Crippen LogP contribution is 2.23. The molecule has 17 heavy (non-hydrogen) atoms. The molecule has 0 aliphatic rings. The van der Waals surface area contributed by atoms with Crippen LogP contribution in [0.4, 0.5) is 0 Å². The van der Waals surface area contributed by atoms with Gasteiger partial charge in [0.05, 0.1) is 0 Å². The van der Waals surface area contributed by atoms with E-state index in [0.717, 1.165) is 13.2 Å². The standard InChI is InChI=1S/C13H32O2Si2/c1-12(2)9-14-16(5,6)11-17(7,8)15-10-13(3)4/h12-13H,9-11H2,1-8H3. The van der Waals surface area contributed by atoms with Crippen molar-refractivity contribution in [1.82, 2.24) is 0 Å². The summed E-state index contributed by atoms with van der Waals surface area (Å²) in [5, 5.41) is 0. The predicted octanol–water partition coefficient (Wildman–Crippen LogP) is 4.28. The molecule has 0 aliphatic carbocycles. The van der Waals surface area contributed by atoms with Crippen LogP contribution in [0.3, 0.4) is 0 Å². The number of rotatable bonds is 8. The van der Waals surface area contributed by atoms with E-state index < -0.39 is 16.6 Å². The van der Waals surface area contributed by atoms with Crippen LogP contribution in [-0.2, 0) is 8.85 Å². The molecule has 0 fully saturated rings. The molecule has 0 aromatic heterocycles. The maximum Gasteiger partial charge on any atom is 0.186 e. The summed E-state index contributed by atoms with van der Waals surface area (Å²) in [7, 11) is -3.07. The maximum atomic E-state index is 6.13. The van der Waals surface area contributed by atoms with Crippen LogP contribution in [-0.4, -0.2) is 29.8 Å². The first-order valence-corrected chi connectivity index (χ1v) is 13.0. The molecule has 0 unspecified atom stereocenters. The van der Waals surface area contributed by atoms with Crippen LogP contribution >= 0.6 is 0 Å². The van der Waals surface area contributed by atoms with Crippen molar-refractivity contribution in [3.05, 3.63) is 0 Å². The molecular formula is C13H32O2Si2. The fourth-order valence-electron chi connectivity index (χ4n) is 1.91. The van der Waals surface area contributed by atoms with Gasteiger partial charge >= 0.3 is 0 Å². The lowest BCUT2D eigenvalue weighted by Crippen LogP contribution is -2.45. The highest BCUT2D eigenvalue weighted by Gasteiger charge is 2.35. The zero-order valence-electron chi connectivity index (χ0n) is 13.1. The van der Waals surface area contributed by atoms with Crippen molar-refractivity contribution < 1.29 is 8.85 Å². The van der Waals surface area contributed by atoms with E-state index in [9.17, 15) is 0 Å². The molecule has 0 aromatic carbocycles. The first-order chi connectivity index (χ1) is 7.54. The van der Waals surface area contributed by atoms with Gasteiger partial charge in [0.25, 0.3) is 0 Å². The summed E-state index contributed by atoms with van der Waals surface area (Å²) < 4.78 is 12.3. The molecule has 0 rings (SSSR count). The lowest BCUT2D eigenvalue weighted by Gasteiger charge is -2.32. The van der Waals surface area contributed by atoms with Gasteiger partial charge < -0.3 is 8.85 Å². The van der Waals surface area contributed by atoms with Crippen molar-refractivity contribution >= 4 is 16.6 Å². The molecule has 0 saturated heterocycles. The third kappa shape index (κ3) is 10.0. The quantitative estimate of drug-likeness (QED) is 0.616. The third-order valence-electron chi connectivity index (χ3n) is 2.47. The Morgan fingerprint density at radius 1 is 0.706 bits per heavy atom. The minimum absolute atomic E-state index is 0.628. The monoisotopic (exact) mass is 276 g/mol. The van der Waals surface area contributed by atoms with Gasteiger partial charge in [0.15, 0.2) is 16.6 Å². The normalized spacial score (nSPS) is 13.8. The molecule has 0 atom stereocenters. The van der Waals surface area contributed by atoms with Crippen molar-refractivity contribution in [2.75, 3.05) is 13.2 Å². The molecule has 0 aromatic rings. The molecule has 0 bridgehead atoms. The van der Waals surface area contributed by atoms with Crippen molar-refractivity contribution in [2.45, 2.75) is 59.6 Å². The molecule has 0 radical (unpaired) electrons. The smallest absolute Gasteiger partial charge is 0.186 e. The van der Waals surface area contributed by atoms with Gasteiger partial charge in [-0.05, 0) is 43.7 Å². The Bertz CT molecular complexity index is 191. The van der Waals surface area contributed by atoms with Gasteiger partial charge in [-0.25, -0.2) is 0 Å². The molecule has 4 heteroatoms. The average molecular weight is 277 g/mol. The Morgan fingerprint density at radius 2 is 1.00 bits per heavy atom. The molecule has 0 amide bonds. The Balaban J connectivity index is 4.17. The zero-order valence-corrected chi connectivity index (χ0v) is 15.1. The highest BCUT2D eigenvalue weighted by atomic mass is 28.4. The van der Waals surface area contributed by atoms with Gasteiger partial charge in [-0.2, -0.15) is 0 Å². The second-order valence-electron chi connectivity index (χ2n) is 7.11. The van der Waals surface area contributed by atoms with E-state index >= 15 is 0 Å². The second kappa shape index (κ2) is 7.07. The number of hydrogen-bond acceptors (Lipinski definition) is 2. The molecular weight excluding hydrogens is 244 g/mol. The molecule has 104 valence electrons. The van der Waals surface area contributed by atoms with Gasteiger partial charge in [0.1, 0.15) is 0 Å². The minimum atomic E-state index is -1.54. The highest BCUT2D eigenvalue weighted by molar-refractivity contribution is 6.89. The first-order valence-electron chi connectivity index (χ1n) is 6.82. The topological polar surface area (TPSA) is 18.5 Å². The van der Waals surface area contributed by atoms with Crippen LogP contribution in [0.2, 0.25) is 31.9 Å². The Labute approximate surface area is 110 Å². The van der Waals surface area contributed by atoms with Crippen LogP contribution in [0.25, 0.3) is 0 Å². The molecule has 0 aliphatic heterocycles. The van der Waals surface area contributed by atoms with E-state index in [-0.39, 0.29) is 0 Å². The van der Waals surface area contributed by atoms with E-state index in [1.807, 2.05) is 0 Å². The summed E-state index contributed by atoms with van der Waals surface area (Å²) in [6.45, 7) is 19.9. The van der Waals surface area contributed by atoms with Crippen molar-refractivity contribution in [1.29, 1.82) is 0 Å². The fraction of sp³-hybridized carbons (Fsp3) is 1.00. The summed E-state index contributed by atoms with van der Waals surface area (Å²) in [6.07, 6.45) is 0. The van der Waals surface area contributed by atoms with Crippen LogP contribution in [0.5, 0.6) is 0 Å². The summed E-state index contributed by atoms with van der Waals surface area (Å²) in [4.78, 5) is 0. The maximum absolute atomic E-state index is 6.13. The molecule has 2 nitrogen and oxygen atoms in total. The molecule has 0 heterocycles. The van der Waals surface area contributed by atoms with E-state index in [4.69, 9.17) is 8.85 Å². The van der Waals surface area contributed by atoms with Gasteiger partial charge in [0.2, 0.25) is 0 Å². The van der Waals surface area contributed by atoms with Crippen LogP contribution < -0.4 is 0 Å². The summed E-state index contributed by atoms with van der Waals surface area (Å²) >= 11 is 0. The SMILES string of the molecule is CC(C)CO[Si](C)(C)C[Si](C)(C)OCC(C)C. The molecule has 0 saturated carbocycles. The average Bonchev–Trinajstić information content (AvgIpc) is 2.10. The van der Waals surface area contributed by atoms with Crippen LogP contribution in [0.1, 0.15) is 27.7 Å². The largest absolute Gasteiger partial charge is 0.417 e. The summed E-state index contributed by atoms with van der Waals surface area (Å²) in [5.74, 6) is 1.26. The van der Waals surface area contributed by atoms with E-state index in [1.54, 1.807) is 0 Å². The zero-order chi connectivity index (χ0) is 13.7. The first kappa shape index (κ1) is 17.4. The van der Waals surface area contributed by atoms with E-state index in [1.165, 1.54) is 5.67 Å². The molecule has 0 spiro atoms. The molecule has 0 N–H and O–H groups in total. The second-order valence-corrected chi connectivity index (χ2v) is 16.1. The van der Waals surface area contributed by atoms with Gasteiger partial charge in [-0.15, -0.1) is 0 Å². The van der Waals surface area contributed by atoms with E-state index in [0.29, 0.717) is 11.8 Å². The minimum Gasteiger partial charge on any atom is -0.417 e. The summed E-state index contributed by atoms with van der Waals surface area (Å²) in [6, 6.07) is 0. The van der Waals surface area contributed by atoms with Crippen molar-refractivity contribution in [3.8, 4) is 0 Å². The van der Waals surface area contributed by atoms with Gasteiger partial charge in [-0.1, -0.05) is 27.7 Å². The van der Waals surface area contributed by atoms with Crippen LogP contribution in [0.15, 0.2) is 0 Å². The Hall–Kier alpha value is 0.354. The van der Waals surface area contributed by atoms with Crippen LogP contribution in [0, 0.1) is 11.8 Å². The lowest BCUT2D eigenvalue weighted by atomic mass is 10.2. The Morgan fingerprint density at radius 3 is 1.24 bits per heavy atom. The van der Waals surface area contributed by atoms with Gasteiger partial charge in [-0.3, -0.25) is 0 Å². The third-order valence-corrected chi connectivity index (χ3v) is 11.2. The van der Waals surface area contributed by atoms with Crippen molar-refractivity contribution in [2.24, 2.45) is 11.8 Å². The predicted molar refractivity (Wildman–Crippen MR) is 81.4 cm³/mol. The van der Waals surface area contributed by atoms with E-state index in [2.05, 4.69) is 53.9 Å². The summed E-state index contributed by atoms with van der Waals surface area (Å²) in [5.41, 5.74) is 1.19. The number of hydrogen-bond donors (Lipinski definition) is 0. The Kier molecular flexibility index (Phi) is 7.22. The lowest BCUT2D eigenvalue weighted by molar-refractivity contribution is 0.250.